The fraction of sp³-hybridized carbons (Fsp3) is 0.500. The number of methoxy groups -OCH3 is 1. The van der Waals surface area contributed by atoms with Crippen molar-refractivity contribution in [3.63, 3.8) is 0 Å². The molecule has 0 spiro atoms. The summed E-state index contributed by atoms with van der Waals surface area (Å²) in [5.41, 5.74) is 0.753. The first-order valence-electron chi connectivity index (χ1n) is 4.77. The molecule has 2 nitrogen and oxygen atoms in total. The topological polar surface area (TPSA) is 29.5 Å². The van der Waals surface area contributed by atoms with E-state index < -0.39 is 6.10 Å². The highest BCUT2D eigenvalue weighted by Gasteiger charge is 2.23. The number of hydrogen-bond donors (Lipinski definition) is 1. The Morgan fingerprint density at radius 2 is 1.93 bits per heavy atom. The average Bonchev–Trinajstić information content (AvgIpc) is 2.15. The quantitative estimate of drug-likeness (QED) is 0.784. The SMILES string of the molecule is COc1cccc([C@H](O)C(C)(C)C)c1. The smallest absolute Gasteiger partial charge is 0.119 e. The fourth-order valence-corrected chi connectivity index (χ4v) is 1.31. The maximum atomic E-state index is 10.0. The molecule has 1 aromatic carbocycles. The molecule has 0 saturated carbocycles. The maximum absolute atomic E-state index is 10.0. The Bertz CT molecular complexity index is 299. The van der Waals surface area contributed by atoms with E-state index in [1.807, 2.05) is 45.0 Å². The maximum Gasteiger partial charge on any atom is 0.119 e. The van der Waals surface area contributed by atoms with Gasteiger partial charge in [-0.05, 0) is 23.1 Å². The van der Waals surface area contributed by atoms with Gasteiger partial charge in [-0.25, -0.2) is 0 Å². The lowest BCUT2D eigenvalue weighted by atomic mass is 9.85. The molecule has 0 amide bonds. The first-order chi connectivity index (χ1) is 6.45. The van der Waals surface area contributed by atoms with Crippen LogP contribution in [0.2, 0.25) is 0 Å². The van der Waals surface area contributed by atoms with Crippen molar-refractivity contribution in [2.75, 3.05) is 7.11 Å². The number of aliphatic hydroxyl groups is 1. The predicted octanol–water partition coefficient (Wildman–Crippen LogP) is 2.77. The summed E-state index contributed by atoms with van der Waals surface area (Å²) < 4.78 is 5.11. The molecule has 14 heavy (non-hydrogen) atoms. The molecular formula is C12H18O2. The third-order valence-electron chi connectivity index (χ3n) is 2.23. The van der Waals surface area contributed by atoms with Gasteiger partial charge in [0, 0.05) is 0 Å². The highest BCUT2D eigenvalue weighted by molar-refractivity contribution is 5.30. The Labute approximate surface area is 85.5 Å². The van der Waals surface area contributed by atoms with E-state index in [0.29, 0.717) is 0 Å². The van der Waals surface area contributed by atoms with Crippen molar-refractivity contribution >= 4 is 0 Å². The lowest BCUT2D eigenvalue weighted by Crippen LogP contribution is -2.17. The first kappa shape index (κ1) is 11.1. The molecule has 0 saturated heterocycles. The van der Waals surface area contributed by atoms with Gasteiger partial charge >= 0.3 is 0 Å². The third-order valence-corrected chi connectivity index (χ3v) is 2.23. The Morgan fingerprint density at radius 1 is 1.29 bits per heavy atom. The number of benzene rings is 1. The highest BCUT2D eigenvalue weighted by Crippen LogP contribution is 2.33. The number of rotatable bonds is 2. The zero-order valence-electron chi connectivity index (χ0n) is 9.24. The molecule has 0 bridgehead atoms. The highest BCUT2D eigenvalue weighted by atomic mass is 16.5. The van der Waals surface area contributed by atoms with Crippen LogP contribution >= 0.6 is 0 Å². The van der Waals surface area contributed by atoms with Crippen molar-refractivity contribution in [2.24, 2.45) is 5.41 Å². The van der Waals surface area contributed by atoms with E-state index in [1.165, 1.54) is 0 Å². The van der Waals surface area contributed by atoms with Gasteiger partial charge in [0.1, 0.15) is 5.75 Å². The standard InChI is InChI=1S/C12H18O2/c1-12(2,3)11(13)9-6-5-7-10(8-9)14-4/h5-8,11,13H,1-4H3/t11-/m0/s1. The normalized spacial score (nSPS) is 13.8. The van der Waals surface area contributed by atoms with Gasteiger partial charge in [-0.1, -0.05) is 32.9 Å². The molecule has 0 aliphatic heterocycles. The van der Waals surface area contributed by atoms with Gasteiger partial charge in [-0.3, -0.25) is 0 Å². The summed E-state index contributed by atoms with van der Waals surface area (Å²) in [4.78, 5) is 0. The van der Waals surface area contributed by atoms with Gasteiger partial charge < -0.3 is 9.84 Å². The molecule has 0 fully saturated rings. The van der Waals surface area contributed by atoms with E-state index in [-0.39, 0.29) is 5.41 Å². The molecule has 0 heterocycles. The van der Waals surface area contributed by atoms with Crippen LogP contribution in [0, 0.1) is 5.41 Å². The second-order valence-electron chi connectivity index (χ2n) is 4.55. The van der Waals surface area contributed by atoms with Crippen molar-refractivity contribution in [1.29, 1.82) is 0 Å². The van der Waals surface area contributed by atoms with E-state index in [0.717, 1.165) is 11.3 Å². The van der Waals surface area contributed by atoms with E-state index >= 15 is 0 Å². The van der Waals surface area contributed by atoms with Crippen LogP contribution in [0.5, 0.6) is 5.75 Å². The van der Waals surface area contributed by atoms with Crippen molar-refractivity contribution in [1.82, 2.24) is 0 Å². The zero-order chi connectivity index (χ0) is 10.8. The van der Waals surface area contributed by atoms with Crippen molar-refractivity contribution < 1.29 is 9.84 Å². The Morgan fingerprint density at radius 3 is 2.43 bits per heavy atom. The minimum Gasteiger partial charge on any atom is -0.497 e. The van der Waals surface area contributed by atoms with E-state index in [9.17, 15) is 5.11 Å². The summed E-state index contributed by atoms with van der Waals surface area (Å²) in [5, 5.41) is 10.0. The van der Waals surface area contributed by atoms with Gasteiger partial charge in [0.2, 0.25) is 0 Å². The van der Waals surface area contributed by atoms with Crippen LogP contribution in [-0.4, -0.2) is 12.2 Å². The monoisotopic (exact) mass is 194 g/mol. The summed E-state index contributed by atoms with van der Waals surface area (Å²) in [6.07, 6.45) is -0.461. The Hall–Kier alpha value is -1.02. The van der Waals surface area contributed by atoms with Gasteiger partial charge in [-0.15, -0.1) is 0 Å². The molecule has 0 aromatic heterocycles. The van der Waals surface area contributed by atoms with Crippen LogP contribution in [0.15, 0.2) is 24.3 Å². The van der Waals surface area contributed by atoms with Gasteiger partial charge in [0.15, 0.2) is 0 Å². The van der Waals surface area contributed by atoms with Crippen LogP contribution in [0.4, 0.5) is 0 Å². The van der Waals surface area contributed by atoms with E-state index in [1.54, 1.807) is 7.11 Å². The number of ether oxygens (including phenoxy) is 1. The molecule has 78 valence electrons. The van der Waals surface area contributed by atoms with Crippen LogP contribution in [0.3, 0.4) is 0 Å². The molecule has 2 heteroatoms. The molecule has 0 aliphatic rings. The lowest BCUT2D eigenvalue weighted by molar-refractivity contribution is 0.0625. The largest absolute Gasteiger partial charge is 0.497 e. The van der Waals surface area contributed by atoms with Crippen molar-refractivity contribution in [3.8, 4) is 5.75 Å². The van der Waals surface area contributed by atoms with E-state index in [4.69, 9.17) is 4.74 Å². The van der Waals surface area contributed by atoms with Crippen LogP contribution in [-0.2, 0) is 0 Å². The summed E-state index contributed by atoms with van der Waals surface area (Å²) >= 11 is 0. The molecule has 1 rings (SSSR count). The third kappa shape index (κ3) is 2.48. The molecule has 1 atom stereocenters. The summed E-state index contributed by atoms with van der Waals surface area (Å²) in [5.74, 6) is 0.783. The minimum absolute atomic E-state index is 0.146. The molecule has 1 N–H and O–H groups in total. The lowest BCUT2D eigenvalue weighted by Gasteiger charge is -2.26. The van der Waals surface area contributed by atoms with Crippen molar-refractivity contribution in [3.05, 3.63) is 29.8 Å². The fourth-order valence-electron chi connectivity index (χ4n) is 1.31. The minimum atomic E-state index is -0.461. The molecule has 0 unspecified atom stereocenters. The molecule has 1 aromatic rings. The molecule has 0 aliphatic carbocycles. The number of hydrogen-bond acceptors (Lipinski definition) is 2. The van der Waals surface area contributed by atoms with Crippen molar-refractivity contribution in [2.45, 2.75) is 26.9 Å². The van der Waals surface area contributed by atoms with Gasteiger partial charge in [-0.2, -0.15) is 0 Å². The predicted molar refractivity (Wildman–Crippen MR) is 57.4 cm³/mol. The van der Waals surface area contributed by atoms with Crippen LogP contribution in [0.1, 0.15) is 32.4 Å². The first-order valence-corrected chi connectivity index (χ1v) is 4.77. The molecular weight excluding hydrogens is 176 g/mol. The molecule has 0 radical (unpaired) electrons. The average molecular weight is 194 g/mol. The zero-order valence-corrected chi connectivity index (χ0v) is 9.24. The van der Waals surface area contributed by atoms with Crippen LogP contribution < -0.4 is 4.74 Å². The van der Waals surface area contributed by atoms with Gasteiger partial charge in [0.05, 0.1) is 13.2 Å². The van der Waals surface area contributed by atoms with E-state index in [2.05, 4.69) is 0 Å². The Kier molecular flexibility index (Phi) is 3.17. The Balaban J connectivity index is 2.95. The summed E-state index contributed by atoms with van der Waals surface area (Å²) in [7, 11) is 1.63. The second-order valence-corrected chi connectivity index (χ2v) is 4.55. The summed E-state index contributed by atoms with van der Waals surface area (Å²) in [6, 6.07) is 7.55. The number of aliphatic hydroxyl groups excluding tert-OH is 1. The second kappa shape index (κ2) is 4.01. The summed E-state index contributed by atoms with van der Waals surface area (Å²) in [6.45, 7) is 6.03. The van der Waals surface area contributed by atoms with Gasteiger partial charge in [0.25, 0.3) is 0 Å². The van der Waals surface area contributed by atoms with Crippen LogP contribution in [0.25, 0.3) is 0 Å².